The Labute approximate surface area is 49.5 Å². The van der Waals surface area contributed by atoms with E-state index in [2.05, 4.69) is 4.67 Å². The van der Waals surface area contributed by atoms with E-state index in [0.29, 0.717) is 5.96 Å². The van der Waals surface area contributed by atoms with Gasteiger partial charge in [-0.3, -0.25) is 10.6 Å². The van der Waals surface area contributed by atoms with Crippen LogP contribution in [0.15, 0.2) is 0 Å². The first kappa shape index (κ1) is 7.05. The van der Waals surface area contributed by atoms with Crippen molar-refractivity contribution in [3.05, 3.63) is 0 Å². The van der Waals surface area contributed by atoms with Crippen LogP contribution < -0.4 is 10.4 Å². The van der Waals surface area contributed by atoms with Gasteiger partial charge in [0.2, 0.25) is 0 Å². The summed E-state index contributed by atoms with van der Waals surface area (Å²) in [6.45, 7) is 1.83. The molecule has 0 rings (SSSR count). The van der Waals surface area contributed by atoms with Crippen molar-refractivity contribution in [1.29, 1.82) is 0 Å². The first-order valence-electron chi connectivity index (χ1n) is 2.47. The predicted octanol–water partition coefficient (Wildman–Crippen LogP) is -0.979. The molecule has 0 aliphatic carbocycles. The average Bonchev–Trinajstić information content (AvgIpc) is 1.67. The van der Waals surface area contributed by atoms with Gasteiger partial charge in [0.15, 0.2) is 0 Å². The minimum atomic E-state index is 0.535. The van der Waals surface area contributed by atoms with Gasteiger partial charge in [0.25, 0.3) is 0 Å². The van der Waals surface area contributed by atoms with Gasteiger partial charge in [0, 0.05) is 0 Å². The van der Waals surface area contributed by atoms with Crippen molar-refractivity contribution >= 4 is 12.2 Å². The van der Waals surface area contributed by atoms with Crippen LogP contribution in [0.4, 0.5) is 0 Å². The molecule has 0 fully saturated rings. The summed E-state index contributed by atoms with van der Waals surface area (Å²) >= 11 is 0. The lowest BCUT2D eigenvalue weighted by Gasteiger charge is -1.95. The third-order valence-corrected chi connectivity index (χ3v) is 0.720. The number of guanidine groups is 1. The van der Waals surface area contributed by atoms with Crippen molar-refractivity contribution in [1.82, 2.24) is 9.57 Å². The molecule has 0 aromatic rings. The van der Waals surface area contributed by atoms with E-state index < -0.39 is 0 Å². The Hall–Kier alpha value is -0.950. The number of nitrogens with zero attached hydrogens (tertiary/aromatic N) is 2. The molecule has 0 saturated carbocycles. The molecular formula is C5H12N3+. The lowest BCUT2D eigenvalue weighted by atomic mass is 10.8. The van der Waals surface area contributed by atoms with Crippen LogP contribution in [0, 0.1) is 0 Å². The Kier molecular flexibility index (Phi) is 2.74. The fourth-order valence-corrected chi connectivity index (χ4v) is 0.248. The molecule has 3 nitrogen and oxygen atoms in total. The topological polar surface area (TPSA) is 43.4 Å². The molecule has 0 aromatic heterocycles. The lowest BCUT2D eigenvalue weighted by molar-refractivity contribution is 0.614. The van der Waals surface area contributed by atoms with E-state index in [0.717, 1.165) is 0 Å². The van der Waals surface area contributed by atoms with Crippen LogP contribution in [-0.4, -0.2) is 31.2 Å². The Morgan fingerprint density at radius 3 is 2.25 bits per heavy atom. The molecule has 0 amide bonds. The zero-order valence-electron chi connectivity index (χ0n) is 5.55. The summed E-state index contributed by atoms with van der Waals surface area (Å²) in [7, 11) is 3.70. The minimum absolute atomic E-state index is 0.535. The summed E-state index contributed by atoms with van der Waals surface area (Å²) < 4.78 is 3.82. The molecule has 0 bridgehead atoms. The van der Waals surface area contributed by atoms with E-state index in [1.54, 1.807) is 11.1 Å². The Balaban J connectivity index is 4.01. The fraction of sp³-hybridized carbons (Fsp3) is 0.600. The fourth-order valence-electron chi connectivity index (χ4n) is 0.248. The summed E-state index contributed by atoms with van der Waals surface area (Å²) in [5.41, 5.74) is 5.37. The van der Waals surface area contributed by atoms with Crippen molar-refractivity contribution in [2.24, 2.45) is 5.73 Å². The quantitative estimate of drug-likeness (QED) is 0.250. The molecule has 0 spiro atoms. The molecule has 46 valence electrons. The molecule has 3 heteroatoms. The maximum Gasteiger partial charge on any atom is 0.437 e. The smallest absolute Gasteiger partial charge is 0.276 e. The predicted molar refractivity (Wildman–Crippen MR) is 36.8 cm³/mol. The van der Waals surface area contributed by atoms with Gasteiger partial charge < -0.3 is 0 Å². The standard InChI is InChI=1S/C5H11N3/c1-4-7-5(6)8(2)3/h4,6H,1-3H3/p+1. The highest BCUT2D eigenvalue weighted by Crippen LogP contribution is 1.61. The number of hydrogen-bond acceptors (Lipinski definition) is 0. The summed E-state index contributed by atoms with van der Waals surface area (Å²) in [5.74, 6) is 0.535. The molecular weight excluding hydrogens is 102 g/mol. The Bertz CT molecular complexity index is 120. The van der Waals surface area contributed by atoms with Crippen LogP contribution in [-0.2, 0) is 0 Å². The van der Waals surface area contributed by atoms with Crippen molar-refractivity contribution in [2.75, 3.05) is 14.1 Å². The second kappa shape index (κ2) is 3.10. The second-order valence-corrected chi connectivity index (χ2v) is 1.64. The highest BCUT2D eigenvalue weighted by atomic mass is 15.2. The van der Waals surface area contributed by atoms with Crippen molar-refractivity contribution in [2.45, 2.75) is 6.92 Å². The van der Waals surface area contributed by atoms with Gasteiger partial charge in [-0.25, -0.2) is 4.67 Å². The summed E-state index contributed by atoms with van der Waals surface area (Å²) in [4.78, 5) is 1.75. The van der Waals surface area contributed by atoms with Gasteiger partial charge in [-0.15, -0.1) is 0 Å². The zero-order valence-corrected chi connectivity index (χ0v) is 5.55. The van der Waals surface area contributed by atoms with Gasteiger partial charge in [0.1, 0.15) is 6.21 Å². The molecule has 0 unspecified atom stereocenters. The van der Waals surface area contributed by atoms with E-state index in [-0.39, 0.29) is 0 Å². The highest BCUT2D eigenvalue weighted by molar-refractivity contribution is 5.79. The number of hydrogen-bond donors (Lipinski definition) is 1. The van der Waals surface area contributed by atoms with Crippen molar-refractivity contribution in [3.63, 3.8) is 0 Å². The van der Waals surface area contributed by atoms with Crippen LogP contribution >= 0.6 is 0 Å². The molecule has 0 aromatic carbocycles. The Morgan fingerprint density at radius 1 is 1.62 bits per heavy atom. The van der Waals surface area contributed by atoms with E-state index >= 15 is 0 Å². The van der Waals surface area contributed by atoms with E-state index in [1.165, 1.54) is 0 Å². The van der Waals surface area contributed by atoms with Gasteiger partial charge in [-0.2, -0.15) is 0 Å². The molecule has 2 N–H and O–H groups in total. The molecule has 0 heterocycles. The lowest BCUT2D eigenvalue weighted by Crippen LogP contribution is -2.32. The highest BCUT2D eigenvalue weighted by Gasteiger charge is 1.99. The molecule has 0 radical (unpaired) electrons. The van der Waals surface area contributed by atoms with Gasteiger partial charge in [0.05, 0.1) is 14.1 Å². The van der Waals surface area contributed by atoms with Crippen molar-refractivity contribution in [3.8, 4) is 0 Å². The van der Waals surface area contributed by atoms with Gasteiger partial charge >= 0.3 is 5.96 Å². The van der Waals surface area contributed by atoms with Crippen LogP contribution in [0.1, 0.15) is 6.92 Å². The largest absolute Gasteiger partial charge is 0.437 e. The molecule has 0 atom stereocenters. The average molecular weight is 114 g/mol. The van der Waals surface area contributed by atoms with Gasteiger partial charge in [-0.05, 0) is 6.92 Å². The molecule has 0 aliphatic heterocycles. The first-order valence-corrected chi connectivity index (χ1v) is 2.47. The maximum absolute atomic E-state index is 5.37. The van der Waals surface area contributed by atoms with Crippen LogP contribution in [0.5, 0.6) is 0 Å². The third kappa shape index (κ3) is 2.26. The summed E-state index contributed by atoms with van der Waals surface area (Å²) in [6, 6.07) is 0. The number of nitrogens with two attached hydrogens (primary N) is 1. The number of rotatable bonds is 0. The van der Waals surface area contributed by atoms with Crippen molar-refractivity contribution < 1.29 is 0 Å². The monoisotopic (exact) mass is 114 g/mol. The molecule has 8 heavy (non-hydrogen) atoms. The third-order valence-electron chi connectivity index (χ3n) is 0.720. The molecule has 0 saturated heterocycles. The second-order valence-electron chi connectivity index (χ2n) is 1.64. The van der Waals surface area contributed by atoms with E-state index in [1.807, 2.05) is 21.0 Å². The minimum Gasteiger partial charge on any atom is -0.276 e. The maximum atomic E-state index is 5.37. The van der Waals surface area contributed by atoms with Crippen LogP contribution in [0.3, 0.4) is 0 Å². The van der Waals surface area contributed by atoms with Crippen LogP contribution in [0.25, 0.3) is 0 Å². The SMILES string of the molecule is CC=[N+]=C(N)N(C)C. The van der Waals surface area contributed by atoms with E-state index in [9.17, 15) is 0 Å². The zero-order chi connectivity index (χ0) is 6.57. The normalized spacial score (nSPS) is 7.38. The van der Waals surface area contributed by atoms with Gasteiger partial charge in [-0.1, -0.05) is 0 Å². The molecule has 0 aliphatic rings. The summed E-state index contributed by atoms with van der Waals surface area (Å²) in [5, 5.41) is 0. The van der Waals surface area contributed by atoms with Crippen LogP contribution in [0.2, 0.25) is 0 Å². The first-order chi connectivity index (χ1) is 3.68. The Morgan fingerprint density at radius 2 is 2.12 bits per heavy atom. The summed E-state index contributed by atoms with van der Waals surface area (Å²) in [6.07, 6.45) is 1.66. The van der Waals surface area contributed by atoms with E-state index in [4.69, 9.17) is 5.73 Å².